The zero-order valence-corrected chi connectivity index (χ0v) is 16.2. The lowest BCUT2D eigenvalue weighted by Gasteiger charge is -2.04. The van der Waals surface area contributed by atoms with E-state index in [-0.39, 0.29) is 5.69 Å². The average molecular weight is 384 g/mol. The number of carbonyl (C=O) groups is 1. The van der Waals surface area contributed by atoms with Crippen molar-refractivity contribution in [3.63, 3.8) is 0 Å². The minimum atomic E-state index is -1.00. The number of fused-ring (bicyclic) bond motifs is 2. The van der Waals surface area contributed by atoms with Gasteiger partial charge in [0.15, 0.2) is 0 Å². The second kappa shape index (κ2) is 9.36. The Morgan fingerprint density at radius 2 is 1.71 bits per heavy atom. The van der Waals surface area contributed by atoms with Gasteiger partial charge in [-0.1, -0.05) is 13.8 Å². The Kier molecular flexibility index (Phi) is 6.92. The molecule has 2 aromatic heterocycles. The minimum absolute atomic E-state index is 0.126. The van der Waals surface area contributed by atoms with E-state index < -0.39 is 5.97 Å². The molecule has 0 spiro atoms. The summed E-state index contributed by atoms with van der Waals surface area (Å²) in [4.78, 5) is 16.6. The van der Waals surface area contributed by atoms with E-state index >= 15 is 0 Å². The number of nitrogens with one attached hydrogen (secondary N) is 2. The molecule has 0 aliphatic carbocycles. The van der Waals surface area contributed by atoms with Crippen LogP contribution in [0.2, 0.25) is 0 Å². The Balaban J connectivity index is 0.000000200. The zero-order chi connectivity index (χ0) is 20.7. The summed E-state index contributed by atoms with van der Waals surface area (Å²) in [5.74, 6) is 0.494. The predicted octanol–water partition coefficient (Wildman–Crippen LogP) is 4.78. The first kappa shape index (κ1) is 20.7. The number of hydrogen-bond donors (Lipinski definition) is 4. The van der Waals surface area contributed by atoms with Crippen molar-refractivity contribution in [2.75, 3.05) is 14.2 Å². The number of hydrogen-bond acceptors (Lipinski definition) is 4. The Labute approximate surface area is 162 Å². The molecule has 28 heavy (non-hydrogen) atoms. The zero-order valence-electron chi connectivity index (χ0n) is 16.2. The fraction of sp³-hybridized carbons (Fsp3) is 0.190. The van der Waals surface area contributed by atoms with Gasteiger partial charge in [0, 0.05) is 35.3 Å². The van der Waals surface area contributed by atoms with E-state index in [9.17, 15) is 4.79 Å². The summed E-state index contributed by atoms with van der Waals surface area (Å²) in [5.41, 5.74) is 1.77. The molecule has 0 amide bonds. The van der Waals surface area contributed by atoms with E-state index in [0.717, 1.165) is 16.3 Å². The van der Waals surface area contributed by atoms with Gasteiger partial charge in [-0.05, 0) is 29.7 Å². The van der Waals surface area contributed by atoms with Crippen LogP contribution in [0.4, 0.5) is 0 Å². The van der Waals surface area contributed by atoms with Crippen LogP contribution >= 0.6 is 0 Å². The lowest BCUT2D eigenvalue weighted by Crippen LogP contribution is -1.94. The van der Waals surface area contributed by atoms with E-state index in [0.29, 0.717) is 22.8 Å². The number of aromatic nitrogens is 2. The quantitative estimate of drug-likeness (QED) is 0.406. The highest BCUT2D eigenvalue weighted by atomic mass is 16.5. The highest BCUT2D eigenvalue weighted by molar-refractivity contribution is 5.96. The van der Waals surface area contributed by atoms with Crippen LogP contribution in [0.15, 0.2) is 48.7 Å². The van der Waals surface area contributed by atoms with E-state index in [2.05, 4.69) is 9.97 Å². The van der Waals surface area contributed by atoms with Crippen molar-refractivity contribution in [2.24, 2.45) is 0 Å². The smallest absolute Gasteiger partial charge is 0.352 e. The summed E-state index contributed by atoms with van der Waals surface area (Å²) in [6.07, 6.45) is 1.85. The van der Waals surface area contributed by atoms with Gasteiger partial charge in [0.1, 0.15) is 22.9 Å². The fourth-order valence-corrected chi connectivity index (χ4v) is 2.62. The molecule has 4 rings (SSSR count). The van der Waals surface area contributed by atoms with Gasteiger partial charge < -0.3 is 29.7 Å². The van der Waals surface area contributed by atoms with Crippen LogP contribution in [0.3, 0.4) is 0 Å². The Morgan fingerprint density at radius 1 is 0.964 bits per heavy atom. The monoisotopic (exact) mass is 384 g/mol. The van der Waals surface area contributed by atoms with Crippen LogP contribution in [-0.4, -0.2) is 40.4 Å². The maximum atomic E-state index is 10.8. The molecule has 4 aromatic rings. The number of carboxylic acids is 1. The third-order valence-corrected chi connectivity index (χ3v) is 3.90. The predicted molar refractivity (Wildman–Crippen MR) is 110 cm³/mol. The molecule has 0 aliphatic rings. The number of benzene rings is 2. The van der Waals surface area contributed by atoms with Crippen molar-refractivity contribution in [3.8, 4) is 17.2 Å². The van der Waals surface area contributed by atoms with E-state index in [4.69, 9.17) is 19.7 Å². The van der Waals surface area contributed by atoms with Gasteiger partial charge in [-0.2, -0.15) is 0 Å². The number of H-pyrrole nitrogens is 2. The maximum Gasteiger partial charge on any atom is 0.352 e. The molecule has 2 heterocycles. The van der Waals surface area contributed by atoms with Gasteiger partial charge in [-0.25, -0.2) is 4.79 Å². The largest absolute Gasteiger partial charge is 0.508 e. The lowest BCUT2D eigenvalue weighted by atomic mass is 10.2. The average Bonchev–Trinajstić information content (AvgIpc) is 3.35. The standard InChI is InChI=1S/C11H11NO4.C8H7NO.C2H6/c1-15-6-3-8-7(10(4-6)16-2)5-9(12-8)11(13)14;10-7-2-1-6-3-4-9-8(6)5-7;1-2/h3-5,12H,1-2H3,(H,13,14);1-5,9-10H;1-2H3. The third-order valence-electron chi connectivity index (χ3n) is 3.90. The number of ether oxygens (including phenoxy) is 2. The summed E-state index contributed by atoms with van der Waals surface area (Å²) >= 11 is 0. The Morgan fingerprint density at radius 3 is 2.36 bits per heavy atom. The Hall–Kier alpha value is -3.61. The molecule has 7 heteroatoms. The number of aromatic hydroxyl groups is 1. The number of phenols is 1. The molecule has 0 radical (unpaired) electrons. The Bertz CT molecular complexity index is 1070. The molecule has 4 N–H and O–H groups in total. The van der Waals surface area contributed by atoms with Crippen molar-refractivity contribution < 1.29 is 24.5 Å². The van der Waals surface area contributed by atoms with E-state index in [1.807, 2.05) is 32.2 Å². The molecular weight excluding hydrogens is 360 g/mol. The first-order valence-corrected chi connectivity index (χ1v) is 8.76. The highest BCUT2D eigenvalue weighted by Gasteiger charge is 2.12. The molecule has 0 fully saturated rings. The van der Waals surface area contributed by atoms with Crippen LogP contribution in [0.5, 0.6) is 17.2 Å². The van der Waals surface area contributed by atoms with Crippen molar-refractivity contribution in [1.82, 2.24) is 9.97 Å². The topological polar surface area (TPSA) is 108 Å². The van der Waals surface area contributed by atoms with Gasteiger partial charge in [-0.3, -0.25) is 0 Å². The number of carboxylic acid groups (broad SMARTS) is 1. The number of methoxy groups -OCH3 is 2. The molecule has 0 atom stereocenters. The maximum absolute atomic E-state index is 10.8. The van der Waals surface area contributed by atoms with Gasteiger partial charge in [0.05, 0.1) is 19.7 Å². The van der Waals surface area contributed by atoms with Crippen LogP contribution in [0, 0.1) is 0 Å². The molecule has 0 saturated carbocycles. The summed E-state index contributed by atoms with van der Waals surface area (Å²) in [7, 11) is 3.07. The summed E-state index contributed by atoms with van der Waals surface area (Å²) in [6, 6.07) is 12.2. The first-order valence-electron chi connectivity index (χ1n) is 8.76. The molecule has 0 bridgehead atoms. The SMILES string of the molecule is CC.COc1cc(OC)c2cc(C(=O)O)[nH]c2c1.Oc1ccc2cc[nH]c2c1. The summed E-state index contributed by atoms with van der Waals surface area (Å²) in [5, 5.41) is 19.7. The molecule has 0 saturated heterocycles. The van der Waals surface area contributed by atoms with E-state index in [1.165, 1.54) is 13.2 Å². The second-order valence-electron chi connectivity index (χ2n) is 5.53. The number of rotatable bonds is 3. The van der Waals surface area contributed by atoms with Crippen molar-refractivity contribution in [3.05, 3.63) is 54.4 Å². The minimum Gasteiger partial charge on any atom is -0.508 e. The van der Waals surface area contributed by atoms with Crippen LogP contribution < -0.4 is 9.47 Å². The highest BCUT2D eigenvalue weighted by Crippen LogP contribution is 2.31. The summed E-state index contributed by atoms with van der Waals surface area (Å²) < 4.78 is 10.3. The molecule has 0 aliphatic heterocycles. The van der Waals surface area contributed by atoms with Gasteiger partial charge in [-0.15, -0.1) is 0 Å². The molecule has 2 aromatic carbocycles. The van der Waals surface area contributed by atoms with Crippen LogP contribution in [0.1, 0.15) is 24.3 Å². The number of aromatic amines is 2. The molecule has 148 valence electrons. The van der Waals surface area contributed by atoms with E-state index in [1.54, 1.807) is 31.4 Å². The van der Waals surface area contributed by atoms with Crippen molar-refractivity contribution in [2.45, 2.75) is 13.8 Å². The number of aromatic carboxylic acids is 1. The molecular formula is C21H24N2O5. The molecule has 0 unspecified atom stereocenters. The van der Waals surface area contributed by atoms with Crippen LogP contribution in [-0.2, 0) is 0 Å². The fourth-order valence-electron chi connectivity index (χ4n) is 2.62. The van der Waals surface area contributed by atoms with Crippen molar-refractivity contribution in [1.29, 1.82) is 0 Å². The normalized spacial score (nSPS) is 9.86. The summed E-state index contributed by atoms with van der Waals surface area (Å²) in [6.45, 7) is 4.00. The van der Waals surface area contributed by atoms with Gasteiger partial charge >= 0.3 is 5.97 Å². The lowest BCUT2D eigenvalue weighted by molar-refractivity contribution is 0.0691. The third kappa shape index (κ3) is 4.56. The second-order valence-corrected chi connectivity index (χ2v) is 5.53. The van der Waals surface area contributed by atoms with Crippen molar-refractivity contribution >= 4 is 27.8 Å². The molecule has 7 nitrogen and oxygen atoms in total. The van der Waals surface area contributed by atoms with Gasteiger partial charge in [0.2, 0.25) is 0 Å². The number of phenolic OH excluding ortho intramolecular Hbond substituents is 1. The van der Waals surface area contributed by atoms with Gasteiger partial charge in [0.25, 0.3) is 0 Å². The van der Waals surface area contributed by atoms with Crippen LogP contribution in [0.25, 0.3) is 21.8 Å². The first-order chi connectivity index (χ1) is 13.5.